The molecule has 0 fully saturated rings. The third kappa shape index (κ3) is 3.68. The molecule has 146 valence electrons. The number of hydrogen-bond acceptors (Lipinski definition) is 7. The van der Waals surface area contributed by atoms with E-state index < -0.39 is 27.6 Å². The number of carbonyl (C=O) groups excluding carboxylic acids is 2. The van der Waals surface area contributed by atoms with Crippen LogP contribution in [-0.4, -0.2) is 46.5 Å². The van der Waals surface area contributed by atoms with Gasteiger partial charge in [0.2, 0.25) is 0 Å². The van der Waals surface area contributed by atoms with Crippen molar-refractivity contribution in [3.8, 4) is 0 Å². The molecule has 0 aliphatic carbocycles. The van der Waals surface area contributed by atoms with Gasteiger partial charge >= 0.3 is 5.82 Å². The number of carbonyl (C=O) groups is 2. The molecule has 3 rings (SSSR count). The van der Waals surface area contributed by atoms with Crippen molar-refractivity contribution in [1.82, 2.24) is 35.1 Å². The lowest BCUT2D eigenvalue weighted by molar-refractivity contribution is -0.389. The molecule has 2 amide bonds. The van der Waals surface area contributed by atoms with Gasteiger partial charge in [0.25, 0.3) is 11.8 Å². The maximum Gasteiger partial charge on any atom is 0.362 e. The van der Waals surface area contributed by atoms with Crippen LogP contribution in [0.3, 0.4) is 0 Å². The first-order valence-corrected chi connectivity index (χ1v) is 8.13. The molecule has 0 radical (unpaired) electrons. The molecule has 0 unspecified atom stereocenters. The predicted octanol–water partition coefficient (Wildman–Crippen LogP) is 0.621. The van der Waals surface area contributed by atoms with E-state index in [0.29, 0.717) is 0 Å². The Labute approximate surface area is 161 Å². The molecular formula is C14H14ClN9O4. The van der Waals surface area contributed by atoms with Crippen molar-refractivity contribution in [2.45, 2.75) is 6.54 Å². The van der Waals surface area contributed by atoms with Crippen LogP contribution in [0.25, 0.3) is 0 Å². The summed E-state index contributed by atoms with van der Waals surface area (Å²) in [5.41, 5.74) is 0.592. The smallest absolute Gasteiger partial charge is 0.358 e. The summed E-state index contributed by atoms with van der Waals surface area (Å²) < 4.78 is 2.88. The normalized spacial score (nSPS) is 10.7. The van der Waals surface area contributed by atoms with E-state index in [0.717, 1.165) is 5.56 Å². The zero-order chi connectivity index (χ0) is 20.4. The van der Waals surface area contributed by atoms with Crippen molar-refractivity contribution in [1.29, 1.82) is 0 Å². The monoisotopic (exact) mass is 407 g/mol. The maximum absolute atomic E-state index is 12.5. The van der Waals surface area contributed by atoms with Gasteiger partial charge in [-0.25, -0.2) is 0 Å². The van der Waals surface area contributed by atoms with E-state index in [4.69, 9.17) is 11.6 Å². The van der Waals surface area contributed by atoms with Crippen molar-refractivity contribution >= 4 is 34.9 Å². The number of amides is 2. The van der Waals surface area contributed by atoms with E-state index in [1.807, 2.05) is 0 Å². The van der Waals surface area contributed by atoms with Gasteiger partial charge in [-0.2, -0.15) is 10.2 Å². The number of hydrogen-bond donors (Lipinski definition) is 3. The fourth-order valence-corrected chi connectivity index (χ4v) is 2.64. The molecule has 13 nitrogen and oxygen atoms in total. The first-order valence-electron chi connectivity index (χ1n) is 7.75. The Hall–Kier alpha value is -3.74. The molecule has 3 heterocycles. The lowest BCUT2D eigenvalue weighted by atomic mass is 10.3. The molecule has 28 heavy (non-hydrogen) atoms. The second-order valence-corrected chi connectivity index (χ2v) is 6.06. The van der Waals surface area contributed by atoms with Crippen LogP contribution in [0.2, 0.25) is 5.02 Å². The largest absolute Gasteiger partial charge is 0.362 e. The predicted molar refractivity (Wildman–Crippen MR) is 95.8 cm³/mol. The van der Waals surface area contributed by atoms with Crippen molar-refractivity contribution < 1.29 is 14.5 Å². The number of halogens is 1. The number of nitro groups is 1. The fourth-order valence-electron chi connectivity index (χ4n) is 2.40. The zero-order valence-corrected chi connectivity index (χ0v) is 15.4. The average Bonchev–Trinajstić information content (AvgIpc) is 3.32. The molecule has 3 N–H and O–H groups in total. The average molecular weight is 408 g/mol. The number of aromatic nitrogens is 6. The van der Waals surface area contributed by atoms with Crippen molar-refractivity contribution in [2.24, 2.45) is 14.1 Å². The lowest BCUT2D eigenvalue weighted by Crippen LogP contribution is -2.26. The van der Waals surface area contributed by atoms with Crippen LogP contribution in [0, 0.1) is 10.1 Å². The SMILES string of the molecule is Cn1cc(CNC(=O)c2c(NC(=O)c3n[nH]c([N+](=O)[O-])c3Cl)cnn2C)cn1. The lowest BCUT2D eigenvalue weighted by Gasteiger charge is -2.07. The van der Waals surface area contributed by atoms with Crippen LogP contribution in [0.15, 0.2) is 18.6 Å². The minimum Gasteiger partial charge on any atom is -0.358 e. The van der Waals surface area contributed by atoms with Crippen LogP contribution in [0.5, 0.6) is 0 Å². The topological polar surface area (TPSA) is 166 Å². The highest BCUT2D eigenvalue weighted by molar-refractivity contribution is 6.36. The minimum atomic E-state index is -0.830. The quantitative estimate of drug-likeness (QED) is 0.397. The Morgan fingerprint density at radius 1 is 1.29 bits per heavy atom. The summed E-state index contributed by atoms with van der Waals surface area (Å²) in [7, 11) is 3.28. The molecule has 0 bridgehead atoms. The van der Waals surface area contributed by atoms with E-state index in [9.17, 15) is 19.7 Å². The minimum absolute atomic E-state index is 0.0819. The molecule has 0 saturated carbocycles. The van der Waals surface area contributed by atoms with E-state index >= 15 is 0 Å². The highest BCUT2D eigenvalue weighted by atomic mass is 35.5. The number of aromatic amines is 1. The van der Waals surface area contributed by atoms with Gasteiger partial charge in [0.15, 0.2) is 10.7 Å². The van der Waals surface area contributed by atoms with Crippen molar-refractivity contribution in [3.05, 3.63) is 50.7 Å². The molecule has 0 aliphatic heterocycles. The molecule has 0 saturated heterocycles. The third-order valence-corrected chi connectivity index (χ3v) is 4.06. The number of anilines is 1. The van der Waals surface area contributed by atoms with Crippen molar-refractivity contribution in [2.75, 3.05) is 5.32 Å². The summed E-state index contributed by atoms with van der Waals surface area (Å²) >= 11 is 5.80. The summed E-state index contributed by atoms with van der Waals surface area (Å²) in [4.78, 5) is 34.9. The Morgan fingerprint density at radius 2 is 2.04 bits per heavy atom. The van der Waals surface area contributed by atoms with Gasteiger partial charge in [-0.15, -0.1) is 5.10 Å². The van der Waals surface area contributed by atoms with Gasteiger partial charge in [-0.05, 0) is 4.92 Å². The van der Waals surface area contributed by atoms with Crippen LogP contribution < -0.4 is 10.6 Å². The van der Waals surface area contributed by atoms with E-state index in [1.54, 1.807) is 24.1 Å². The fraction of sp³-hybridized carbons (Fsp3) is 0.214. The zero-order valence-electron chi connectivity index (χ0n) is 14.6. The van der Waals surface area contributed by atoms with E-state index in [2.05, 4.69) is 31.0 Å². The van der Waals surface area contributed by atoms with Gasteiger partial charge < -0.3 is 20.7 Å². The molecule has 0 spiro atoms. The van der Waals surface area contributed by atoms with Crippen LogP contribution in [0.4, 0.5) is 11.5 Å². The Kier molecular flexibility index (Phi) is 5.08. The van der Waals surface area contributed by atoms with Gasteiger partial charge in [-0.3, -0.25) is 19.0 Å². The van der Waals surface area contributed by atoms with Crippen LogP contribution in [0.1, 0.15) is 26.5 Å². The summed E-state index contributed by atoms with van der Waals surface area (Å²) in [5.74, 6) is -1.92. The van der Waals surface area contributed by atoms with E-state index in [1.165, 1.54) is 17.9 Å². The van der Waals surface area contributed by atoms with Gasteiger partial charge in [0.1, 0.15) is 5.69 Å². The van der Waals surface area contributed by atoms with Gasteiger partial charge in [0, 0.05) is 32.4 Å². The number of nitrogens with zero attached hydrogens (tertiary/aromatic N) is 6. The summed E-state index contributed by atoms with van der Waals surface area (Å²) in [6.07, 6.45) is 4.63. The summed E-state index contributed by atoms with van der Waals surface area (Å²) in [5, 5.41) is 29.1. The third-order valence-electron chi connectivity index (χ3n) is 3.70. The first-order chi connectivity index (χ1) is 13.3. The molecule has 14 heteroatoms. The number of rotatable bonds is 6. The van der Waals surface area contributed by atoms with Crippen molar-refractivity contribution in [3.63, 3.8) is 0 Å². The van der Waals surface area contributed by atoms with Crippen LogP contribution >= 0.6 is 11.6 Å². The molecule has 3 aromatic heterocycles. The van der Waals surface area contributed by atoms with Gasteiger partial charge in [-0.1, -0.05) is 16.7 Å². The second kappa shape index (κ2) is 7.48. The molecular weight excluding hydrogens is 394 g/mol. The van der Waals surface area contributed by atoms with E-state index in [-0.39, 0.29) is 23.6 Å². The number of H-pyrrole nitrogens is 1. The number of nitrogens with one attached hydrogen (secondary N) is 3. The highest BCUT2D eigenvalue weighted by Crippen LogP contribution is 2.26. The summed E-state index contributed by atoms with van der Waals surface area (Å²) in [6, 6.07) is 0. The summed E-state index contributed by atoms with van der Waals surface area (Å²) in [6.45, 7) is 0.225. The van der Waals surface area contributed by atoms with Crippen LogP contribution in [-0.2, 0) is 20.6 Å². The molecule has 0 aromatic carbocycles. The second-order valence-electron chi connectivity index (χ2n) is 5.68. The Morgan fingerprint density at radius 3 is 2.64 bits per heavy atom. The first kappa shape index (κ1) is 19.0. The maximum atomic E-state index is 12.5. The van der Waals surface area contributed by atoms with Gasteiger partial charge in [0.05, 0.1) is 18.1 Å². The highest BCUT2D eigenvalue weighted by Gasteiger charge is 2.27. The molecule has 0 aliphatic rings. The standard InChI is InChI=1S/C14H14ClN9O4/c1-22-6-7(4-17-22)3-16-14(26)11-8(5-18-23(11)2)19-13(25)10-9(15)12(21-20-10)24(27)28/h4-6H,3H2,1-2H3,(H,16,26)(H,19,25)(H,20,21). The Balaban J connectivity index is 1.76. The molecule has 0 atom stereocenters. The number of aryl methyl sites for hydroxylation is 2. The Bertz CT molecular complexity index is 1070. The molecule has 3 aromatic rings.